The molecule has 0 amide bonds. The number of nitrogens with zero attached hydrogens (tertiary/aromatic N) is 1. The number of rotatable bonds is 9. The van der Waals surface area contributed by atoms with Gasteiger partial charge in [-0.05, 0) is 41.3 Å². The van der Waals surface area contributed by atoms with Crippen molar-refractivity contribution in [3.8, 4) is 23.0 Å². The van der Waals surface area contributed by atoms with Gasteiger partial charge in [-0.3, -0.25) is 4.98 Å². The summed E-state index contributed by atoms with van der Waals surface area (Å²) in [6, 6.07) is 10.7. The number of carbonyl (C=O) groups is 1. The van der Waals surface area contributed by atoms with Gasteiger partial charge in [0, 0.05) is 11.6 Å². The van der Waals surface area contributed by atoms with Crippen LogP contribution in [0, 0.1) is 0 Å². The van der Waals surface area contributed by atoms with Crippen molar-refractivity contribution in [1.82, 2.24) is 4.98 Å². The topological polar surface area (TPSA) is 96.3 Å². The third-order valence-electron chi connectivity index (χ3n) is 4.63. The van der Waals surface area contributed by atoms with Crippen molar-refractivity contribution in [2.45, 2.75) is 6.10 Å². The van der Waals surface area contributed by atoms with E-state index < -0.39 is 18.7 Å². The molecular weight excluding hydrogens is 390 g/mol. The number of hydrogen-bond acceptors (Lipinski definition) is 7. The van der Waals surface area contributed by atoms with Gasteiger partial charge in [0.15, 0.2) is 23.0 Å². The number of carboxylic acid groups (broad SMARTS) is 1. The Kier molecular flexibility index (Phi) is 6.58. The monoisotopic (exact) mass is 413 g/mol. The van der Waals surface area contributed by atoms with Crippen LogP contribution in [0.3, 0.4) is 0 Å². The molecule has 8 nitrogen and oxygen atoms in total. The van der Waals surface area contributed by atoms with Crippen LogP contribution in [0.4, 0.5) is 0 Å². The Balaban J connectivity index is 2.19. The number of benzene rings is 2. The molecule has 3 rings (SSSR count). The summed E-state index contributed by atoms with van der Waals surface area (Å²) in [4.78, 5) is 15.7. The maximum Gasteiger partial charge on any atom is 0.329 e. The second-order valence-corrected chi connectivity index (χ2v) is 6.32. The molecule has 30 heavy (non-hydrogen) atoms. The van der Waals surface area contributed by atoms with Crippen molar-refractivity contribution < 1.29 is 33.6 Å². The van der Waals surface area contributed by atoms with Crippen LogP contribution in [-0.2, 0) is 9.53 Å². The fraction of sp³-hybridized carbons (Fsp3) is 0.273. The maximum absolute atomic E-state index is 11.2. The van der Waals surface area contributed by atoms with Crippen molar-refractivity contribution in [3.63, 3.8) is 0 Å². The average Bonchev–Trinajstić information content (AvgIpc) is 2.77. The lowest BCUT2D eigenvalue weighted by Crippen LogP contribution is -2.15. The van der Waals surface area contributed by atoms with E-state index in [0.717, 1.165) is 10.8 Å². The largest absolute Gasteiger partial charge is 0.493 e. The Labute approximate surface area is 173 Å². The first-order valence-electron chi connectivity index (χ1n) is 9.08. The van der Waals surface area contributed by atoms with E-state index in [0.29, 0.717) is 34.3 Å². The van der Waals surface area contributed by atoms with Crippen LogP contribution in [0.5, 0.6) is 23.0 Å². The summed E-state index contributed by atoms with van der Waals surface area (Å²) in [6.45, 7) is -0.496. The third kappa shape index (κ3) is 4.23. The van der Waals surface area contributed by atoms with Gasteiger partial charge in [0.25, 0.3) is 0 Å². The fourth-order valence-corrected chi connectivity index (χ4v) is 3.23. The minimum atomic E-state index is -1.08. The van der Waals surface area contributed by atoms with Gasteiger partial charge in [-0.1, -0.05) is 6.07 Å². The summed E-state index contributed by atoms with van der Waals surface area (Å²) in [7, 11) is 6.19. The van der Waals surface area contributed by atoms with E-state index in [9.17, 15) is 9.90 Å². The summed E-state index contributed by atoms with van der Waals surface area (Å²) < 4.78 is 27.2. The van der Waals surface area contributed by atoms with E-state index in [1.807, 2.05) is 12.1 Å². The van der Waals surface area contributed by atoms with Gasteiger partial charge in [-0.25, -0.2) is 4.79 Å². The molecule has 1 atom stereocenters. The number of aromatic nitrogens is 1. The van der Waals surface area contributed by atoms with Gasteiger partial charge in [0.2, 0.25) is 0 Å². The van der Waals surface area contributed by atoms with Gasteiger partial charge in [0.1, 0.15) is 12.7 Å². The number of hydrogen-bond donors (Lipinski definition) is 1. The first kappa shape index (κ1) is 21.2. The summed E-state index contributed by atoms with van der Waals surface area (Å²) in [5.41, 5.74) is 1.21. The van der Waals surface area contributed by atoms with Crippen molar-refractivity contribution in [2.75, 3.05) is 35.0 Å². The lowest BCUT2D eigenvalue weighted by Gasteiger charge is -2.20. The molecule has 0 unspecified atom stereocenters. The summed E-state index contributed by atoms with van der Waals surface area (Å²) >= 11 is 0. The first-order valence-corrected chi connectivity index (χ1v) is 9.08. The molecule has 0 aliphatic heterocycles. The quantitative estimate of drug-likeness (QED) is 0.570. The molecule has 0 saturated carbocycles. The lowest BCUT2D eigenvalue weighted by atomic mass is 9.99. The van der Waals surface area contributed by atoms with Gasteiger partial charge in [0.05, 0.1) is 34.1 Å². The Morgan fingerprint density at radius 3 is 2.17 bits per heavy atom. The van der Waals surface area contributed by atoms with Crippen LogP contribution < -0.4 is 18.9 Å². The molecule has 2 aromatic carbocycles. The smallest absolute Gasteiger partial charge is 0.329 e. The number of pyridine rings is 1. The molecule has 0 aliphatic carbocycles. The predicted octanol–water partition coefficient (Wildman–Crippen LogP) is 3.46. The van der Waals surface area contributed by atoms with Gasteiger partial charge in [-0.15, -0.1) is 0 Å². The highest BCUT2D eigenvalue weighted by atomic mass is 16.5. The molecule has 1 aromatic heterocycles. The predicted molar refractivity (Wildman–Crippen MR) is 110 cm³/mol. The van der Waals surface area contributed by atoms with Crippen LogP contribution in [-0.4, -0.2) is 51.1 Å². The van der Waals surface area contributed by atoms with Crippen LogP contribution in [0.2, 0.25) is 0 Å². The third-order valence-corrected chi connectivity index (χ3v) is 4.63. The molecule has 1 N–H and O–H groups in total. The minimum Gasteiger partial charge on any atom is -0.493 e. The normalized spacial score (nSPS) is 11.7. The average molecular weight is 413 g/mol. The van der Waals surface area contributed by atoms with Crippen molar-refractivity contribution in [3.05, 3.63) is 53.9 Å². The zero-order valence-corrected chi connectivity index (χ0v) is 17.2. The summed E-state index contributed by atoms with van der Waals surface area (Å²) in [5.74, 6) is 1.08. The van der Waals surface area contributed by atoms with E-state index in [1.54, 1.807) is 51.8 Å². The Bertz CT molecular complexity index is 1050. The number of methoxy groups -OCH3 is 4. The number of fused-ring (bicyclic) bond motifs is 1. The van der Waals surface area contributed by atoms with Gasteiger partial charge < -0.3 is 28.8 Å². The van der Waals surface area contributed by atoms with E-state index >= 15 is 0 Å². The minimum absolute atomic E-state index is 0.496. The van der Waals surface area contributed by atoms with Crippen LogP contribution in [0.15, 0.2) is 42.6 Å². The van der Waals surface area contributed by atoms with E-state index in [4.69, 9.17) is 23.7 Å². The zero-order chi connectivity index (χ0) is 21.7. The van der Waals surface area contributed by atoms with Gasteiger partial charge >= 0.3 is 5.97 Å². The Hall–Kier alpha value is -3.52. The maximum atomic E-state index is 11.2. The first-order chi connectivity index (χ1) is 14.5. The van der Waals surface area contributed by atoms with E-state index in [2.05, 4.69) is 4.98 Å². The highest BCUT2D eigenvalue weighted by molar-refractivity contribution is 5.88. The van der Waals surface area contributed by atoms with Crippen molar-refractivity contribution >= 4 is 16.7 Å². The molecule has 0 radical (unpaired) electrons. The van der Waals surface area contributed by atoms with Crippen LogP contribution in [0.25, 0.3) is 10.8 Å². The van der Waals surface area contributed by atoms with Crippen molar-refractivity contribution in [1.29, 1.82) is 0 Å². The Morgan fingerprint density at radius 2 is 1.53 bits per heavy atom. The van der Waals surface area contributed by atoms with Crippen LogP contribution in [0.1, 0.15) is 17.4 Å². The molecule has 3 aromatic rings. The van der Waals surface area contributed by atoms with Crippen molar-refractivity contribution in [2.24, 2.45) is 0 Å². The number of carboxylic acids is 1. The molecule has 0 aliphatic rings. The molecule has 0 spiro atoms. The molecule has 0 saturated heterocycles. The molecule has 8 heteroatoms. The molecule has 1 heterocycles. The highest BCUT2D eigenvalue weighted by Crippen LogP contribution is 2.38. The van der Waals surface area contributed by atoms with Gasteiger partial charge in [-0.2, -0.15) is 0 Å². The molecule has 158 valence electrons. The Morgan fingerprint density at radius 1 is 0.900 bits per heavy atom. The second kappa shape index (κ2) is 9.32. The fourth-order valence-electron chi connectivity index (χ4n) is 3.23. The highest BCUT2D eigenvalue weighted by Gasteiger charge is 2.23. The summed E-state index contributed by atoms with van der Waals surface area (Å²) in [6.07, 6.45) is 0.879. The molecule has 0 bridgehead atoms. The number of ether oxygens (including phenoxy) is 5. The van der Waals surface area contributed by atoms with E-state index in [-0.39, 0.29) is 0 Å². The van der Waals surface area contributed by atoms with E-state index in [1.165, 1.54) is 7.11 Å². The zero-order valence-electron chi connectivity index (χ0n) is 17.2. The standard InChI is InChI=1S/C22H23NO7/c1-26-16-6-5-14(10-17(16)27-2)22(30-12-20(24)25)21-15-11-19(29-4)18(28-3)9-13(15)7-8-23-21/h5-11,22H,12H2,1-4H3,(H,24,25)/t22-/m0/s1. The lowest BCUT2D eigenvalue weighted by molar-refractivity contribution is -0.143. The van der Waals surface area contributed by atoms with Crippen LogP contribution >= 0.6 is 0 Å². The molecular formula is C22H23NO7. The summed E-state index contributed by atoms with van der Waals surface area (Å²) in [5, 5.41) is 10.8. The number of aliphatic carboxylic acids is 1. The second-order valence-electron chi connectivity index (χ2n) is 6.32. The molecule has 0 fully saturated rings. The SMILES string of the molecule is COc1ccc([C@H](OCC(=O)O)c2nccc3cc(OC)c(OC)cc23)cc1OC.